The Labute approximate surface area is 126 Å². The summed E-state index contributed by atoms with van der Waals surface area (Å²) >= 11 is 1.76. The zero-order chi connectivity index (χ0) is 14.4. The van der Waals surface area contributed by atoms with E-state index in [2.05, 4.69) is 17.2 Å². The van der Waals surface area contributed by atoms with E-state index in [4.69, 9.17) is 10.7 Å². The summed E-state index contributed by atoms with van der Waals surface area (Å²) in [6.45, 7) is 5.45. The van der Waals surface area contributed by atoms with Crippen LogP contribution < -0.4 is 5.73 Å². The minimum absolute atomic E-state index is 0.299. The molecule has 5 heteroatoms. The number of nitrogens with two attached hydrogens (primary N) is 1. The van der Waals surface area contributed by atoms with E-state index in [1.54, 1.807) is 11.3 Å². The van der Waals surface area contributed by atoms with Crippen molar-refractivity contribution in [1.82, 2.24) is 9.88 Å². The lowest BCUT2D eigenvalue weighted by Crippen LogP contribution is -2.42. The highest BCUT2D eigenvalue weighted by Gasteiger charge is 2.24. The monoisotopic (exact) mass is 297 g/mol. The van der Waals surface area contributed by atoms with Gasteiger partial charge in [-0.2, -0.15) is 0 Å². The average Bonchev–Trinajstić information content (AvgIpc) is 2.90. The molecule has 2 atom stereocenters. The van der Waals surface area contributed by atoms with Gasteiger partial charge in [0.25, 0.3) is 0 Å². The molecule has 2 unspecified atom stereocenters. The normalized spacial score (nSPS) is 22.1. The third kappa shape index (κ3) is 4.25. The summed E-state index contributed by atoms with van der Waals surface area (Å²) in [5.74, 6) is 0.464. The van der Waals surface area contributed by atoms with Crippen molar-refractivity contribution in [3.63, 3.8) is 0 Å². The zero-order valence-electron chi connectivity index (χ0n) is 12.4. The van der Waals surface area contributed by atoms with Crippen molar-refractivity contribution in [2.24, 2.45) is 5.73 Å². The third-order valence-electron chi connectivity index (χ3n) is 4.11. The fraction of sp³-hybridized carbons (Fsp3) is 0.800. The highest BCUT2D eigenvalue weighted by molar-refractivity contribution is 7.09. The minimum atomic E-state index is 0.299. The molecule has 1 aliphatic heterocycles. The molecular formula is C15H27N3OS. The Bertz CT molecular complexity index is 394. The van der Waals surface area contributed by atoms with Crippen LogP contribution in [0.25, 0.3) is 0 Å². The molecule has 0 aromatic carbocycles. The molecule has 1 aromatic heterocycles. The number of likely N-dealkylation sites (tertiary alicyclic amines) is 1. The van der Waals surface area contributed by atoms with Gasteiger partial charge in [0.2, 0.25) is 0 Å². The minimum Gasteiger partial charge on any atom is -0.396 e. The van der Waals surface area contributed by atoms with Crippen LogP contribution in [0.5, 0.6) is 0 Å². The standard InChI is InChI=1S/C15H27N3OS/c1-12(15-17-13(5-7-16)11-20-15)10-18-8-3-2-4-14(18)6-9-19/h11-12,14,19H,2-10,16H2,1H3. The van der Waals surface area contributed by atoms with Gasteiger partial charge in [0, 0.05) is 36.9 Å². The summed E-state index contributed by atoms with van der Waals surface area (Å²) in [7, 11) is 0. The first-order chi connectivity index (χ1) is 9.74. The van der Waals surface area contributed by atoms with Crippen LogP contribution in [0.4, 0.5) is 0 Å². The first-order valence-electron chi connectivity index (χ1n) is 7.74. The van der Waals surface area contributed by atoms with Crippen LogP contribution in [0.3, 0.4) is 0 Å². The Balaban J connectivity index is 1.92. The lowest BCUT2D eigenvalue weighted by atomic mass is 9.98. The smallest absolute Gasteiger partial charge is 0.0969 e. The summed E-state index contributed by atoms with van der Waals surface area (Å²) in [5.41, 5.74) is 6.71. The predicted molar refractivity (Wildman–Crippen MR) is 84.2 cm³/mol. The van der Waals surface area contributed by atoms with Crippen molar-refractivity contribution in [3.8, 4) is 0 Å². The SMILES string of the molecule is CC(CN1CCCCC1CCO)c1nc(CCN)cs1. The van der Waals surface area contributed by atoms with Crippen LogP contribution >= 0.6 is 11.3 Å². The Hall–Kier alpha value is -0.490. The highest BCUT2D eigenvalue weighted by Crippen LogP contribution is 2.26. The van der Waals surface area contributed by atoms with Gasteiger partial charge in [0.05, 0.1) is 10.7 Å². The second-order valence-electron chi connectivity index (χ2n) is 5.77. The lowest BCUT2D eigenvalue weighted by molar-refractivity contribution is 0.114. The number of thiazole rings is 1. The summed E-state index contributed by atoms with van der Waals surface area (Å²) in [6.07, 6.45) is 5.59. The van der Waals surface area contributed by atoms with E-state index in [-0.39, 0.29) is 0 Å². The number of aliphatic hydroxyl groups excluding tert-OH is 1. The van der Waals surface area contributed by atoms with Crippen LogP contribution in [-0.4, -0.2) is 47.3 Å². The second-order valence-corrected chi connectivity index (χ2v) is 6.66. The number of hydrogen-bond donors (Lipinski definition) is 2. The Morgan fingerprint density at radius 2 is 2.40 bits per heavy atom. The van der Waals surface area contributed by atoms with Crippen LogP contribution in [0.2, 0.25) is 0 Å². The second kappa shape index (κ2) is 8.08. The van der Waals surface area contributed by atoms with Gasteiger partial charge >= 0.3 is 0 Å². The molecule has 1 fully saturated rings. The van der Waals surface area contributed by atoms with Crippen molar-refractivity contribution in [1.29, 1.82) is 0 Å². The van der Waals surface area contributed by atoms with E-state index < -0.39 is 0 Å². The van der Waals surface area contributed by atoms with E-state index in [0.29, 0.717) is 25.1 Å². The first-order valence-corrected chi connectivity index (χ1v) is 8.61. The molecule has 0 amide bonds. The van der Waals surface area contributed by atoms with Crippen LogP contribution in [0, 0.1) is 0 Å². The maximum absolute atomic E-state index is 9.20. The molecule has 3 N–H and O–H groups in total. The summed E-state index contributed by atoms with van der Waals surface area (Å²) in [5, 5.41) is 12.6. The van der Waals surface area contributed by atoms with Crippen molar-refractivity contribution in [2.45, 2.75) is 51.0 Å². The van der Waals surface area contributed by atoms with Gasteiger partial charge in [0.1, 0.15) is 0 Å². The fourth-order valence-electron chi connectivity index (χ4n) is 3.02. The maximum atomic E-state index is 9.20. The Morgan fingerprint density at radius 3 is 3.15 bits per heavy atom. The zero-order valence-corrected chi connectivity index (χ0v) is 13.2. The molecule has 0 radical (unpaired) electrons. The maximum Gasteiger partial charge on any atom is 0.0969 e. The van der Waals surface area contributed by atoms with Crippen molar-refractivity contribution in [3.05, 3.63) is 16.1 Å². The van der Waals surface area contributed by atoms with Crippen molar-refractivity contribution >= 4 is 11.3 Å². The number of rotatable bonds is 7. The summed E-state index contributed by atoms with van der Waals surface area (Å²) in [6, 6.07) is 0.555. The molecule has 4 nitrogen and oxygen atoms in total. The van der Waals surface area contributed by atoms with Crippen molar-refractivity contribution < 1.29 is 5.11 Å². The molecule has 114 valence electrons. The molecule has 0 bridgehead atoms. The predicted octanol–water partition coefficient (Wildman–Crippen LogP) is 1.98. The topological polar surface area (TPSA) is 62.4 Å². The number of hydrogen-bond acceptors (Lipinski definition) is 5. The summed E-state index contributed by atoms with van der Waals surface area (Å²) in [4.78, 5) is 7.25. The molecule has 20 heavy (non-hydrogen) atoms. The molecule has 0 saturated carbocycles. The van der Waals surface area contributed by atoms with E-state index in [1.807, 2.05) is 0 Å². The average molecular weight is 297 g/mol. The molecule has 1 aliphatic rings. The van der Waals surface area contributed by atoms with Crippen LogP contribution in [0.15, 0.2) is 5.38 Å². The van der Waals surface area contributed by atoms with E-state index in [0.717, 1.165) is 31.6 Å². The number of aliphatic hydroxyl groups is 1. The van der Waals surface area contributed by atoms with Gasteiger partial charge in [-0.1, -0.05) is 13.3 Å². The fourth-order valence-corrected chi connectivity index (χ4v) is 3.92. The lowest BCUT2D eigenvalue weighted by Gasteiger charge is -2.36. The van der Waals surface area contributed by atoms with E-state index in [9.17, 15) is 5.11 Å². The van der Waals surface area contributed by atoms with Gasteiger partial charge in [-0.05, 0) is 32.4 Å². The first kappa shape index (κ1) is 15.9. The molecule has 2 heterocycles. The molecular weight excluding hydrogens is 270 g/mol. The highest BCUT2D eigenvalue weighted by atomic mass is 32.1. The quantitative estimate of drug-likeness (QED) is 0.808. The van der Waals surface area contributed by atoms with Gasteiger partial charge < -0.3 is 10.8 Å². The molecule has 0 aliphatic carbocycles. The molecule has 2 rings (SSSR count). The summed E-state index contributed by atoms with van der Waals surface area (Å²) < 4.78 is 0. The molecule has 0 spiro atoms. The van der Waals surface area contributed by atoms with E-state index >= 15 is 0 Å². The van der Waals surface area contributed by atoms with Crippen LogP contribution in [-0.2, 0) is 6.42 Å². The van der Waals surface area contributed by atoms with E-state index in [1.165, 1.54) is 24.3 Å². The number of piperidine rings is 1. The third-order valence-corrected chi connectivity index (χ3v) is 5.24. The van der Waals surface area contributed by atoms with Gasteiger partial charge in [-0.15, -0.1) is 11.3 Å². The molecule has 1 saturated heterocycles. The van der Waals surface area contributed by atoms with Crippen LogP contribution in [0.1, 0.15) is 49.2 Å². The van der Waals surface area contributed by atoms with Gasteiger partial charge in [0.15, 0.2) is 0 Å². The molecule has 1 aromatic rings. The van der Waals surface area contributed by atoms with Gasteiger partial charge in [-0.25, -0.2) is 4.98 Å². The van der Waals surface area contributed by atoms with Gasteiger partial charge in [-0.3, -0.25) is 4.90 Å². The van der Waals surface area contributed by atoms with Crippen molar-refractivity contribution in [2.75, 3.05) is 26.2 Å². The Morgan fingerprint density at radius 1 is 1.55 bits per heavy atom. The number of nitrogens with zero attached hydrogens (tertiary/aromatic N) is 2. The number of aromatic nitrogens is 1. The Kier molecular flexibility index (Phi) is 6.42. The largest absolute Gasteiger partial charge is 0.396 e.